The number of hydrogen-bond acceptors (Lipinski definition) is 3. The number of hydrogen-bond donors (Lipinski definition) is 1. The molecule has 40 valence electrons. The van der Waals surface area contributed by atoms with Gasteiger partial charge in [-0.2, -0.15) is 24.4 Å². The SMILES string of the molecule is N#CNOC(F)F. The third kappa shape index (κ3) is 5.11. The first kappa shape index (κ1) is 6.11. The van der Waals surface area contributed by atoms with Crippen molar-refractivity contribution in [2.75, 3.05) is 0 Å². The van der Waals surface area contributed by atoms with Crippen molar-refractivity contribution in [2.45, 2.75) is 6.61 Å². The summed E-state index contributed by atoms with van der Waals surface area (Å²) in [7, 11) is 0. The van der Waals surface area contributed by atoms with Gasteiger partial charge in [-0.15, -0.1) is 0 Å². The van der Waals surface area contributed by atoms with Crippen LogP contribution < -0.4 is 5.48 Å². The van der Waals surface area contributed by atoms with Gasteiger partial charge in [0, 0.05) is 0 Å². The molecular formula is C2H2F2N2O. The van der Waals surface area contributed by atoms with Gasteiger partial charge < -0.3 is 0 Å². The van der Waals surface area contributed by atoms with Crippen molar-refractivity contribution in [1.29, 1.82) is 5.26 Å². The van der Waals surface area contributed by atoms with E-state index in [4.69, 9.17) is 5.26 Å². The molecule has 0 heterocycles. The van der Waals surface area contributed by atoms with Crippen LogP contribution in [0.5, 0.6) is 0 Å². The Bertz CT molecular complexity index is 78.2. The number of nitrogens with one attached hydrogen (secondary N) is 1. The summed E-state index contributed by atoms with van der Waals surface area (Å²) in [6.45, 7) is -2.93. The highest BCUT2D eigenvalue weighted by Crippen LogP contribution is 1.87. The number of rotatable bonds is 2. The van der Waals surface area contributed by atoms with Crippen molar-refractivity contribution in [3.63, 3.8) is 0 Å². The van der Waals surface area contributed by atoms with E-state index in [1.807, 2.05) is 0 Å². The van der Waals surface area contributed by atoms with E-state index < -0.39 is 6.61 Å². The average molecular weight is 108 g/mol. The molecule has 0 aliphatic carbocycles. The van der Waals surface area contributed by atoms with E-state index in [2.05, 4.69) is 4.84 Å². The molecule has 0 saturated heterocycles. The molecule has 0 aliphatic rings. The van der Waals surface area contributed by atoms with E-state index >= 15 is 0 Å². The molecule has 0 spiro atoms. The zero-order valence-electron chi connectivity index (χ0n) is 3.19. The molecule has 7 heavy (non-hydrogen) atoms. The van der Waals surface area contributed by atoms with Crippen molar-refractivity contribution in [1.82, 2.24) is 5.48 Å². The lowest BCUT2D eigenvalue weighted by Crippen LogP contribution is -2.10. The summed E-state index contributed by atoms with van der Waals surface area (Å²) in [4.78, 5) is 3.25. The Kier molecular flexibility index (Phi) is 2.89. The van der Waals surface area contributed by atoms with E-state index in [1.54, 1.807) is 0 Å². The fraction of sp³-hybridized carbons (Fsp3) is 0.500. The molecular weight excluding hydrogens is 106 g/mol. The first-order valence-corrected chi connectivity index (χ1v) is 1.35. The molecule has 0 bridgehead atoms. The minimum absolute atomic E-state index is 1.15. The lowest BCUT2D eigenvalue weighted by Gasteiger charge is -1.91. The molecule has 0 aromatic heterocycles. The maximum atomic E-state index is 10.8. The van der Waals surface area contributed by atoms with Crippen molar-refractivity contribution < 1.29 is 13.6 Å². The zero-order chi connectivity index (χ0) is 5.70. The Hall–Kier alpha value is -0.890. The Balaban J connectivity index is 2.86. The summed E-state index contributed by atoms with van der Waals surface area (Å²) in [6, 6.07) is 0. The molecule has 0 unspecified atom stereocenters. The second kappa shape index (κ2) is 3.31. The highest BCUT2D eigenvalue weighted by atomic mass is 19.3. The zero-order valence-corrected chi connectivity index (χ0v) is 3.19. The molecule has 0 fully saturated rings. The number of nitriles is 1. The molecule has 0 aromatic rings. The topological polar surface area (TPSA) is 45.0 Å². The quantitative estimate of drug-likeness (QED) is 0.312. The minimum Gasteiger partial charge on any atom is -0.197 e. The third-order valence-corrected chi connectivity index (χ3v) is 0.194. The van der Waals surface area contributed by atoms with Crippen LogP contribution in [-0.4, -0.2) is 6.61 Å². The summed E-state index contributed by atoms with van der Waals surface area (Å²) in [5, 5.41) is 7.50. The van der Waals surface area contributed by atoms with Crippen LogP contribution in [0.25, 0.3) is 0 Å². The summed E-state index contributed by atoms with van der Waals surface area (Å²) >= 11 is 0. The van der Waals surface area contributed by atoms with Gasteiger partial charge in [0.05, 0.1) is 0 Å². The van der Waals surface area contributed by atoms with Crippen LogP contribution in [-0.2, 0) is 4.84 Å². The lowest BCUT2D eigenvalue weighted by molar-refractivity contribution is -0.158. The molecule has 0 radical (unpaired) electrons. The molecule has 5 heteroatoms. The normalized spacial score (nSPS) is 8.29. The van der Waals surface area contributed by atoms with Gasteiger partial charge in [0.2, 0.25) is 6.19 Å². The minimum atomic E-state index is -2.93. The number of nitrogens with zero attached hydrogens (tertiary/aromatic N) is 1. The van der Waals surface area contributed by atoms with Crippen LogP contribution in [0.4, 0.5) is 8.78 Å². The summed E-state index contributed by atoms with van der Waals surface area (Å²) in [6.07, 6.45) is 1.15. The number of hydroxylamine groups is 1. The van der Waals surface area contributed by atoms with Crippen molar-refractivity contribution in [2.24, 2.45) is 0 Å². The largest absolute Gasteiger partial charge is 0.365 e. The van der Waals surface area contributed by atoms with Crippen molar-refractivity contribution in [3.8, 4) is 6.19 Å². The maximum Gasteiger partial charge on any atom is 0.365 e. The van der Waals surface area contributed by atoms with E-state index in [9.17, 15) is 8.78 Å². The second-order valence-electron chi connectivity index (χ2n) is 0.592. The van der Waals surface area contributed by atoms with E-state index in [0.717, 1.165) is 6.19 Å². The number of halogens is 2. The first-order valence-electron chi connectivity index (χ1n) is 1.35. The second-order valence-corrected chi connectivity index (χ2v) is 0.592. The predicted molar refractivity (Wildman–Crippen MR) is 15.8 cm³/mol. The lowest BCUT2D eigenvalue weighted by atomic mass is 11.4. The molecule has 0 aliphatic heterocycles. The standard InChI is InChI=1S/C2H2F2N2O/c3-2(4)7-6-1-5/h2,6H. The monoisotopic (exact) mass is 108 g/mol. The van der Waals surface area contributed by atoms with Crippen LogP contribution in [0, 0.1) is 11.5 Å². The summed E-state index contributed by atoms with van der Waals surface area (Å²) in [5.74, 6) is 0. The Morgan fingerprint density at radius 3 is 2.43 bits per heavy atom. The molecule has 0 aromatic carbocycles. The van der Waals surface area contributed by atoms with Gasteiger partial charge in [0.15, 0.2) is 0 Å². The summed E-state index contributed by atoms with van der Waals surface area (Å²) < 4.78 is 21.6. The highest BCUT2D eigenvalue weighted by Gasteiger charge is 1.97. The molecule has 0 rings (SSSR count). The van der Waals surface area contributed by atoms with Gasteiger partial charge in [-0.05, 0) is 0 Å². The molecule has 0 atom stereocenters. The van der Waals surface area contributed by atoms with Gasteiger partial charge in [-0.3, -0.25) is 0 Å². The van der Waals surface area contributed by atoms with Crippen molar-refractivity contribution >= 4 is 0 Å². The Labute approximate surface area is 38.4 Å². The van der Waals surface area contributed by atoms with Crippen LogP contribution in [0.2, 0.25) is 0 Å². The highest BCUT2D eigenvalue weighted by molar-refractivity contribution is 4.52. The van der Waals surface area contributed by atoms with Crippen LogP contribution in [0.15, 0.2) is 0 Å². The van der Waals surface area contributed by atoms with Gasteiger partial charge in [0.25, 0.3) is 0 Å². The van der Waals surface area contributed by atoms with E-state index in [1.165, 1.54) is 5.48 Å². The predicted octanol–water partition coefficient (Wildman–Crippen LogP) is 0.211. The van der Waals surface area contributed by atoms with Crippen LogP contribution >= 0.6 is 0 Å². The van der Waals surface area contributed by atoms with Gasteiger partial charge >= 0.3 is 6.61 Å². The molecule has 0 saturated carbocycles. The Morgan fingerprint density at radius 1 is 1.71 bits per heavy atom. The smallest absolute Gasteiger partial charge is 0.197 e. The third-order valence-electron chi connectivity index (χ3n) is 0.194. The van der Waals surface area contributed by atoms with Gasteiger partial charge in [0.1, 0.15) is 0 Å². The van der Waals surface area contributed by atoms with E-state index in [-0.39, 0.29) is 0 Å². The van der Waals surface area contributed by atoms with Gasteiger partial charge in [-0.25, -0.2) is 0 Å². The number of alkyl halides is 2. The molecule has 3 nitrogen and oxygen atoms in total. The Morgan fingerprint density at radius 2 is 2.29 bits per heavy atom. The van der Waals surface area contributed by atoms with E-state index in [0.29, 0.717) is 0 Å². The maximum absolute atomic E-state index is 10.8. The average Bonchev–Trinajstić information content (AvgIpc) is 1.61. The van der Waals surface area contributed by atoms with Gasteiger partial charge in [-0.1, -0.05) is 0 Å². The fourth-order valence-electron chi connectivity index (χ4n) is 0.0709. The van der Waals surface area contributed by atoms with Crippen LogP contribution in [0.1, 0.15) is 0 Å². The molecule has 1 N–H and O–H groups in total. The van der Waals surface area contributed by atoms with Crippen LogP contribution in [0.3, 0.4) is 0 Å². The first-order chi connectivity index (χ1) is 3.27. The summed E-state index contributed by atoms with van der Waals surface area (Å²) in [5.41, 5.74) is 1.30. The molecule has 0 amide bonds. The fourth-order valence-corrected chi connectivity index (χ4v) is 0.0709. The van der Waals surface area contributed by atoms with Crippen molar-refractivity contribution in [3.05, 3.63) is 0 Å².